The number of nitrogens with one attached hydrogen (secondary N) is 2. The molecule has 4 heterocycles. The first-order valence-corrected chi connectivity index (χ1v) is 11.4. The highest BCUT2D eigenvalue weighted by molar-refractivity contribution is 7.13. The first-order chi connectivity index (χ1) is 15.3. The Morgan fingerprint density at radius 2 is 1.81 bits per heavy atom. The number of H-pyrrole nitrogens is 1. The molecule has 0 aromatic carbocycles. The Kier molecular flexibility index (Phi) is 7.90. The van der Waals surface area contributed by atoms with E-state index in [1.165, 1.54) is 17.4 Å². The highest BCUT2D eigenvalue weighted by atomic mass is 32.1. The van der Waals surface area contributed by atoms with E-state index in [0.29, 0.717) is 23.9 Å². The van der Waals surface area contributed by atoms with Crippen molar-refractivity contribution in [1.29, 1.82) is 0 Å². The van der Waals surface area contributed by atoms with Crippen molar-refractivity contribution in [3.8, 4) is 27.2 Å². The molecular weight excluding hydrogens is 454 g/mol. The minimum Gasteiger partial charge on any atom is -0.474 e. The van der Waals surface area contributed by atoms with Gasteiger partial charge in [0.15, 0.2) is 11.5 Å². The number of hydrogen-bond acceptors (Lipinski definition) is 9. The van der Waals surface area contributed by atoms with E-state index in [9.17, 15) is 9.59 Å². The van der Waals surface area contributed by atoms with E-state index in [0.717, 1.165) is 9.75 Å². The topological polar surface area (TPSA) is 120 Å². The van der Waals surface area contributed by atoms with Gasteiger partial charge >= 0.3 is 6.09 Å². The number of thiophene rings is 2. The second kappa shape index (κ2) is 10.8. The maximum Gasteiger partial charge on any atom is 0.407 e. The van der Waals surface area contributed by atoms with Crippen LogP contribution in [0.5, 0.6) is 5.88 Å². The van der Waals surface area contributed by atoms with Gasteiger partial charge in [0.2, 0.25) is 0 Å². The standard InChI is InChI=1S/C14H18N2O4S.C7H5NO2S/c1-14(2,3)19-13(17)15-6-7-18-12-9-10(20-16-12)11-5-4-8-21-11;9-7-4-5(10-8-7)6-2-1-3-11-6/h4-5,8-9H,6-7H2,1-3H3,(H,15,17);1-4H,(H,8,9). The molecular formula is C21H23N3O6S2. The lowest BCUT2D eigenvalue weighted by Gasteiger charge is -2.19. The number of rotatable bonds is 6. The summed E-state index contributed by atoms with van der Waals surface area (Å²) in [5.41, 5.74) is -0.708. The second-order valence-corrected chi connectivity index (χ2v) is 9.23. The molecule has 4 aromatic heterocycles. The molecule has 0 saturated carbocycles. The van der Waals surface area contributed by atoms with E-state index in [-0.39, 0.29) is 12.2 Å². The van der Waals surface area contributed by atoms with Gasteiger partial charge in [0.1, 0.15) is 12.2 Å². The molecule has 0 aliphatic carbocycles. The predicted molar refractivity (Wildman–Crippen MR) is 122 cm³/mol. The molecule has 2 N–H and O–H groups in total. The Balaban J connectivity index is 0.000000219. The number of nitrogens with zero attached hydrogens (tertiary/aromatic N) is 1. The number of aromatic amines is 1. The summed E-state index contributed by atoms with van der Waals surface area (Å²) in [7, 11) is 0. The van der Waals surface area contributed by atoms with Crippen LogP contribution < -0.4 is 15.6 Å². The van der Waals surface area contributed by atoms with Crippen LogP contribution >= 0.6 is 22.7 Å². The van der Waals surface area contributed by atoms with Crippen LogP contribution in [0.2, 0.25) is 0 Å². The number of ether oxygens (including phenoxy) is 2. The second-order valence-electron chi connectivity index (χ2n) is 7.34. The largest absolute Gasteiger partial charge is 0.474 e. The number of carbonyl (C=O) groups is 1. The van der Waals surface area contributed by atoms with E-state index in [1.54, 1.807) is 17.4 Å². The zero-order valence-electron chi connectivity index (χ0n) is 17.7. The van der Waals surface area contributed by atoms with Gasteiger partial charge in [-0.2, -0.15) is 5.16 Å². The van der Waals surface area contributed by atoms with Crippen LogP contribution in [0.4, 0.5) is 4.79 Å². The molecule has 0 spiro atoms. The van der Waals surface area contributed by atoms with Crippen molar-refractivity contribution in [3.05, 3.63) is 57.5 Å². The lowest BCUT2D eigenvalue weighted by molar-refractivity contribution is 0.0519. The number of aromatic nitrogens is 2. The molecule has 1 amide bonds. The molecule has 0 atom stereocenters. The van der Waals surface area contributed by atoms with Gasteiger partial charge in [0, 0.05) is 0 Å². The molecule has 0 bridgehead atoms. The van der Waals surface area contributed by atoms with Gasteiger partial charge in [-0.15, -0.1) is 22.7 Å². The minimum atomic E-state index is -0.507. The van der Waals surface area contributed by atoms with Gasteiger partial charge in [-0.3, -0.25) is 4.79 Å². The average molecular weight is 478 g/mol. The Bertz CT molecular complexity index is 1140. The van der Waals surface area contributed by atoms with Gasteiger partial charge in [0.25, 0.3) is 11.4 Å². The SMILES string of the molecule is CC(C)(C)OC(=O)NCCOc1cc(-c2cccs2)on1.O=c1cc(-c2cccs2)o[nH]1. The fraction of sp³-hybridized carbons (Fsp3) is 0.286. The van der Waals surface area contributed by atoms with Crippen LogP contribution in [-0.4, -0.2) is 35.2 Å². The van der Waals surface area contributed by atoms with Crippen LogP contribution in [-0.2, 0) is 4.74 Å². The van der Waals surface area contributed by atoms with E-state index >= 15 is 0 Å². The van der Waals surface area contributed by atoms with Gasteiger partial charge in [-0.05, 0) is 48.8 Å². The van der Waals surface area contributed by atoms with Crippen molar-refractivity contribution in [2.45, 2.75) is 26.4 Å². The predicted octanol–water partition coefficient (Wildman–Crippen LogP) is 5.00. The number of hydrogen-bond donors (Lipinski definition) is 2. The summed E-state index contributed by atoms with van der Waals surface area (Å²) in [5.74, 6) is 1.66. The summed E-state index contributed by atoms with van der Waals surface area (Å²) >= 11 is 3.10. The molecule has 0 radical (unpaired) electrons. The summed E-state index contributed by atoms with van der Waals surface area (Å²) in [6.07, 6.45) is -0.467. The van der Waals surface area contributed by atoms with Crippen LogP contribution in [0.1, 0.15) is 20.8 Å². The van der Waals surface area contributed by atoms with Crippen molar-refractivity contribution in [1.82, 2.24) is 15.6 Å². The van der Waals surface area contributed by atoms with Crippen LogP contribution in [0.25, 0.3) is 21.3 Å². The highest BCUT2D eigenvalue weighted by Gasteiger charge is 2.15. The Morgan fingerprint density at radius 3 is 2.38 bits per heavy atom. The molecule has 0 aliphatic rings. The summed E-state index contributed by atoms with van der Waals surface area (Å²) in [6.45, 7) is 6.05. The Labute approximate surface area is 191 Å². The van der Waals surface area contributed by atoms with Crippen molar-refractivity contribution in [2.75, 3.05) is 13.2 Å². The van der Waals surface area contributed by atoms with Gasteiger partial charge < -0.3 is 23.8 Å². The quantitative estimate of drug-likeness (QED) is 0.375. The molecule has 0 unspecified atom stereocenters. The third-order valence-electron chi connectivity index (χ3n) is 3.56. The van der Waals surface area contributed by atoms with Gasteiger partial charge in [-0.1, -0.05) is 12.1 Å². The number of amides is 1. The molecule has 170 valence electrons. The van der Waals surface area contributed by atoms with Crippen molar-refractivity contribution in [3.63, 3.8) is 0 Å². The first kappa shape index (κ1) is 23.4. The molecule has 0 aliphatic heterocycles. The maximum atomic E-state index is 11.4. The number of carbonyl (C=O) groups excluding carboxylic acids is 1. The van der Waals surface area contributed by atoms with Gasteiger partial charge in [-0.25, -0.2) is 4.79 Å². The lowest BCUT2D eigenvalue weighted by atomic mass is 10.2. The summed E-state index contributed by atoms with van der Waals surface area (Å²) in [4.78, 5) is 24.0. The lowest BCUT2D eigenvalue weighted by Crippen LogP contribution is -2.34. The minimum absolute atomic E-state index is 0.201. The highest BCUT2D eigenvalue weighted by Crippen LogP contribution is 2.27. The molecule has 11 heteroatoms. The average Bonchev–Trinajstić information content (AvgIpc) is 3.52. The monoisotopic (exact) mass is 477 g/mol. The van der Waals surface area contributed by atoms with E-state index in [1.807, 2.05) is 55.8 Å². The zero-order valence-corrected chi connectivity index (χ0v) is 19.4. The Hall–Kier alpha value is -3.31. The molecule has 9 nitrogen and oxygen atoms in total. The summed E-state index contributed by atoms with van der Waals surface area (Å²) in [6, 6.07) is 10.8. The smallest absolute Gasteiger partial charge is 0.407 e. The van der Waals surface area contributed by atoms with Crippen LogP contribution in [0.3, 0.4) is 0 Å². The Morgan fingerprint density at radius 1 is 1.12 bits per heavy atom. The van der Waals surface area contributed by atoms with Crippen LogP contribution in [0.15, 0.2) is 61.0 Å². The molecule has 0 fully saturated rings. The molecule has 0 saturated heterocycles. The van der Waals surface area contributed by atoms with E-state index < -0.39 is 11.7 Å². The third kappa shape index (κ3) is 7.43. The fourth-order valence-electron chi connectivity index (χ4n) is 2.31. The van der Waals surface area contributed by atoms with E-state index in [2.05, 4.69) is 15.6 Å². The molecule has 4 aromatic rings. The van der Waals surface area contributed by atoms with E-state index in [4.69, 9.17) is 18.5 Å². The van der Waals surface area contributed by atoms with Gasteiger partial charge in [0.05, 0.1) is 28.4 Å². The first-order valence-electron chi connectivity index (χ1n) is 9.63. The van der Waals surface area contributed by atoms with Crippen LogP contribution in [0, 0.1) is 0 Å². The molecule has 32 heavy (non-hydrogen) atoms. The molecule has 4 rings (SSSR count). The maximum absolute atomic E-state index is 11.4. The number of alkyl carbamates (subject to hydrolysis) is 1. The third-order valence-corrected chi connectivity index (χ3v) is 5.33. The summed E-state index contributed by atoms with van der Waals surface area (Å²) in [5, 5.41) is 12.5. The van der Waals surface area contributed by atoms with Crippen molar-refractivity contribution >= 4 is 28.8 Å². The zero-order chi connectivity index (χ0) is 23.0. The van der Waals surface area contributed by atoms with Crippen molar-refractivity contribution in [2.24, 2.45) is 0 Å². The summed E-state index contributed by atoms with van der Waals surface area (Å²) < 4.78 is 20.6. The normalized spacial score (nSPS) is 10.8. The fourth-order valence-corrected chi connectivity index (χ4v) is 3.66. The van der Waals surface area contributed by atoms with Crippen molar-refractivity contribution < 1.29 is 23.3 Å².